The molecule has 0 aliphatic carbocycles. The maximum absolute atomic E-state index is 12.2. The van der Waals surface area contributed by atoms with Gasteiger partial charge in [0.15, 0.2) is 23.0 Å². The number of benzene rings is 2. The Morgan fingerprint density at radius 2 is 1.87 bits per heavy atom. The van der Waals surface area contributed by atoms with Crippen LogP contribution in [-0.2, 0) is 4.79 Å². The lowest BCUT2D eigenvalue weighted by Crippen LogP contribution is -2.34. The SMILES string of the molecule is CCOc1cc(Br)cc(/C=N\NC(=O)CNC(=O)c2ccc(OC)c(OC)c2)c1O. The number of nitrogens with zero attached hydrogens (tertiary/aromatic N) is 1. The number of hydrogen-bond donors (Lipinski definition) is 3. The molecule has 0 aliphatic rings. The predicted octanol–water partition coefficient (Wildman–Crippen LogP) is 2.45. The number of phenolic OH excluding ortho intramolecular Hbond substituents is 1. The average Bonchev–Trinajstić information content (AvgIpc) is 2.74. The molecule has 2 rings (SSSR count). The average molecular weight is 480 g/mol. The fraction of sp³-hybridized carbons (Fsp3) is 0.250. The first-order chi connectivity index (χ1) is 14.4. The van der Waals surface area contributed by atoms with Crippen LogP contribution in [0.5, 0.6) is 23.0 Å². The van der Waals surface area contributed by atoms with Crippen molar-refractivity contribution in [3.63, 3.8) is 0 Å². The summed E-state index contributed by atoms with van der Waals surface area (Å²) in [4.78, 5) is 24.1. The van der Waals surface area contributed by atoms with E-state index < -0.39 is 11.8 Å². The van der Waals surface area contributed by atoms with E-state index in [0.29, 0.717) is 39.5 Å². The molecule has 0 aliphatic heterocycles. The van der Waals surface area contributed by atoms with Gasteiger partial charge in [0.25, 0.3) is 11.8 Å². The van der Waals surface area contributed by atoms with Crippen molar-refractivity contribution in [2.24, 2.45) is 5.10 Å². The second kappa shape index (κ2) is 11.1. The van der Waals surface area contributed by atoms with Crippen molar-refractivity contribution in [3.05, 3.63) is 45.9 Å². The van der Waals surface area contributed by atoms with E-state index in [2.05, 4.69) is 31.8 Å². The van der Waals surface area contributed by atoms with Gasteiger partial charge in [0.05, 0.1) is 33.6 Å². The van der Waals surface area contributed by atoms with E-state index in [1.807, 2.05) is 0 Å². The fourth-order valence-electron chi connectivity index (χ4n) is 2.41. The van der Waals surface area contributed by atoms with E-state index in [4.69, 9.17) is 14.2 Å². The Morgan fingerprint density at radius 3 is 2.53 bits per heavy atom. The number of ether oxygens (including phenoxy) is 3. The smallest absolute Gasteiger partial charge is 0.259 e. The van der Waals surface area contributed by atoms with Crippen LogP contribution in [-0.4, -0.2) is 50.5 Å². The van der Waals surface area contributed by atoms with Gasteiger partial charge in [-0.05, 0) is 37.3 Å². The number of carbonyl (C=O) groups is 2. The normalized spacial score (nSPS) is 10.5. The maximum Gasteiger partial charge on any atom is 0.259 e. The fourth-order valence-corrected chi connectivity index (χ4v) is 2.87. The molecule has 30 heavy (non-hydrogen) atoms. The minimum atomic E-state index is -0.542. The third-order valence-corrected chi connectivity index (χ3v) is 4.27. The van der Waals surface area contributed by atoms with Crippen molar-refractivity contribution in [2.45, 2.75) is 6.92 Å². The zero-order valence-corrected chi connectivity index (χ0v) is 18.3. The Balaban J connectivity index is 1.93. The Kier molecular flexibility index (Phi) is 8.48. The third kappa shape index (κ3) is 6.11. The highest BCUT2D eigenvalue weighted by molar-refractivity contribution is 9.10. The highest BCUT2D eigenvalue weighted by Crippen LogP contribution is 2.33. The molecule has 0 saturated heterocycles. The van der Waals surface area contributed by atoms with Crippen molar-refractivity contribution in [1.82, 2.24) is 10.7 Å². The minimum Gasteiger partial charge on any atom is -0.504 e. The van der Waals surface area contributed by atoms with Crippen LogP contribution < -0.4 is 25.0 Å². The van der Waals surface area contributed by atoms with E-state index in [1.165, 1.54) is 26.5 Å². The summed E-state index contributed by atoms with van der Waals surface area (Å²) in [7, 11) is 2.96. The van der Waals surface area contributed by atoms with Crippen LogP contribution in [0.1, 0.15) is 22.8 Å². The molecule has 0 spiro atoms. The van der Waals surface area contributed by atoms with Gasteiger partial charge in [-0.25, -0.2) is 5.43 Å². The van der Waals surface area contributed by atoms with Crippen LogP contribution in [0.25, 0.3) is 0 Å². The van der Waals surface area contributed by atoms with Gasteiger partial charge in [0.1, 0.15) is 0 Å². The number of phenols is 1. The summed E-state index contributed by atoms with van der Waals surface area (Å²) in [5.41, 5.74) is 2.94. The molecule has 0 aromatic heterocycles. The summed E-state index contributed by atoms with van der Waals surface area (Å²) < 4.78 is 16.3. The van der Waals surface area contributed by atoms with Crippen molar-refractivity contribution < 1.29 is 28.9 Å². The number of hydrogen-bond acceptors (Lipinski definition) is 7. The quantitative estimate of drug-likeness (QED) is 0.375. The highest BCUT2D eigenvalue weighted by Gasteiger charge is 2.12. The van der Waals surface area contributed by atoms with Crippen LogP contribution >= 0.6 is 15.9 Å². The summed E-state index contributed by atoms with van der Waals surface area (Å²) in [6.45, 7) is 1.89. The van der Waals surface area contributed by atoms with Crippen molar-refractivity contribution >= 4 is 34.0 Å². The zero-order chi connectivity index (χ0) is 22.1. The number of hydrazone groups is 1. The molecule has 2 aromatic rings. The van der Waals surface area contributed by atoms with Gasteiger partial charge in [-0.2, -0.15) is 5.10 Å². The first-order valence-electron chi connectivity index (χ1n) is 8.87. The number of methoxy groups -OCH3 is 2. The van der Waals surface area contributed by atoms with E-state index in [-0.39, 0.29) is 12.3 Å². The Labute approximate surface area is 182 Å². The number of nitrogens with one attached hydrogen (secondary N) is 2. The molecule has 160 valence electrons. The van der Waals surface area contributed by atoms with Crippen molar-refractivity contribution in [2.75, 3.05) is 27.4 Å². The second-order valence-corrected chi connectivity index (χ2v) is 6.74. The lowest BCUT2D eigenvalue weighted by Gasteiger charge is -2.10. The lowest BCUT2D eigenvalue weighted by molar-refractivity contribution is -0.120. The maximum atomic E-state index is 12.2. The molecule has 0 radical (unpaired) electrons. The molecule has 0 atom stereocenters. The van der Waals surface area contributed by atoms with E-state index in [0.717, 1.165) is 0 Å². The minimum absolute atomic E-state index is 0.0974. The Bertz CT molecular complexity index is 948. The van der Waals surface area contributed by atoms with Gasteiger partial charge >= 0.3 is 0 Å². The third-order valence-electron chi connectivity index (χ3n) is 3.82. The standard InChI is InChI=1S/C20H22BrN3O6/c1-4-30-17-9-14(21)7-13(19(17)26)10-23-24-18(25)11-22-20(27)12-5-6-15(28-2)16(8-12)29-3/h5-10,26H,4,11H2,1-3H3,(H,22,27)(H,24,25)/b23-10-. The van der Waals surface area contributed by atoms with Gasteiger partial charge in [0.2, 0.25) is 0 Å². The molecular weight excluding hydrogens is 458 g/mol. The van der Waals surface area contributed by atoms with Gasteiger partial charge in [-0.3, -0.25) is 9.59 Å². The largest absolute Gasteiger partial charge is 0.504 e. The summed E-state index contributed by atoms with van der Waals surface area (Å²) in [6, 6.07) is 7.90. The van der Waals surface area contributed by atoms with Gasteiger partial charge in [-0.1, -0.05) is 15.9 Å². The summed E-state index contributed by atoms with van der Waals surface area (Å²) in [5.74, 6) is 0.0891. The molecule has 0 saturated carbocycles. The van der Waals surface area contributed by atoms with Crippen LogP contribution in [0, 0.1) is 0 Å². The van der Waals surface area contributed by atoms with Crippen LogP contribution in [0.3, 0.4) is 0 Å². The van der Waals surface area contributed by atoms with Gasteiger partial charge in [-0.15, -0.1) is 0 Å². The number of halogens is 1. The Morgan fingerprint density at radius 1 is 1.13 bits per heavy atom. The summed E-state index contributed by atoms with van der Waals surface area (Å²) in [6.07, 6.45) is 1.27. The first-order valence-corrected chi connectivity index (χ1v) is 9.66. The van der Waals surface area contributed by atoms with Gasteiger partial charge < -0.3 is 24.6 Å². The molecular formula is C20H22BrN3O6. The molecule has 2 amide bonds. The number of rotatable bonds is 9. The molecule has 3 N–H and O–H groups in total. The van der Waals surface area contributed by atoms with Crippen LogP contribution in [0.4, 0.5) is 0 Å². The van der Waals surface area contributed by atoms with E-state index in [9.17, 15) is 14.7 Å². The molecule has 10 heteroatoms. The van der Waals surface area contributed by atoms with Crippen LogP contribution in [0.2, 0.25) is 0 Å². The topological polar surface area (TPSA) is 118 Å². The highest BCUT2D eigenvalue weighted by atomic mass is 79.9. The molecule has 2 aromatic carbocycles. The second-order valence-electron chi connectivity index (χ2n) is 5.82. The van der Waals surface area contributed by atoms with Crippen molar-refractivity contribution in [3.8, 4) is 23.0 Å². The van der Waals surface area contributed by atoms with Crippen LogP contribution in [0.15, 0.2) is 39.9 Å². The number of amides is 2. The first kappa shape index (κ1) is 23.0. The lowest BCUT2D eigenvalue weighted by atomic mass is 10.2. The van der Waals surface area contributed by atoms with Crippen molar-refractivity contribution in [1.29, 1.82) is 0 Å². The number of aromatic hydroxyl groups is 1. The number of carbonyl (C=O) groups excluding carboxylic acids is 2. The predicted molar refractivity (Wildman–Crippen MR) is 115 cm³/mol. The van der Waals surface area contributed by atoms with Gasteiger partial charge in [0, 0.05) is 15.6 Å². The Hall–Kier alpha value is -3.27. The van der Waals surface area contributed by atoms with E-state index in [1.54, 1.807) is 31.2 Å². The summed E-state index contributed by atoms with van der Waals surface area (Å²) >= 11 is 3.32. The molecule has 0 fully saturated rings. The van der Waals surface area contributed by atoms with E-state index >= 15 is 0 Å². The molecule has 0 bridgehead atoms. The summed E-state index contributed by atoms with van der Waals surface area (Å²) in [5, 5.41) is 16.4. The molecule has 0 heterocycles. The zero-order valence-electron chi connectivity index (χ0n) is 16.7. The molecule has 9 nitrogen and oxygen atoms in total. The monoisotopic (exact) mass is 479 g/mol. The molecule has 0 unspecified atom stereocenters.